The number of anilines is 1. The second kappa shape index (κ2) is 6.48. The fourth-order valence-corrected chi connectivity index (χ4v) is 4.01. The maximum Gasteiger partial charge on any atom is 0.132 e. The van der Waals surface area contributed by atoms with Gasteiger partial charge in [-0.2, -0.15) is 0 Å². The second-order valence-electron chi connectivity index (χ2n) is 7.44. The molecule has 0 aromatic carbocycles. The molecule has 5 nitrogen and oxygen atoms in total. The van der Waals surface area contributed by atoms with Crippen LogP contribution in [-0.2, 0) is 6.54 Å². The third-order valence-electron chi connectivity index (χ3n) is 5.28. The van der Waals surface area contributed by atoms with Crippen molar-refractivity contribution in [3.63, 3.8) is 0 Å². The third-order valence-corrected chi connectivity index (χ3v) is 5.28. The summed E-state index contributed by atoms with van der Waals surface area (Å²) in [5.41, 5.74) is 2.45. The van der Waals surface area contributed by atoms with E-state index in [2.05, 4.69) is 50.7 Å². The number of likely N-dealkylation sites (tertiary alicyclic amines) is 1. The van der Waals surface area contributed by atoms with Crippen molar-refractivity contribution in [2.45, 2.75) is 26.3 Å². The molecule has 2 aromatic heterocycles. The van der Waals surface area contributed by atoms with Crippen LogP contribution in [0.2, 0.25) is 0 Å². The summed E-state index contributed by atoms with van der Waals surface area (Å²) < 4.78 is 0. The molecule has 0 bridgehead atoms. The Labute approximate surface area is 143 Å². The highest BCUT2D eigenvalue weighted by Gasteiger charge is 2.40. The van der Waals surface area contributed by atoms with Crippen LogP contribution in [0.5, 0.6) is 0 Å². The Morgan fingerprint density at radius 2 is 1.92 bits per heavy atom. The lowest BCUT2D eigenvalue weighted by molar-refractivity contribution is 0.308. The van der Waals surface area contributed by atoms with Gasteiger partial charge in [0.25, 0.3) is 0 Å². The first-order valence-corrected chi connectivity index (χ1v) is 8.87. The van der Waals surface area contributed by atoms with E-state index >= 15 is 0 Å². The van der Waals surface area contributed by atoms with Crippen LogP contribution in [-0.4, -0.2) is 46.0 Å². The largest absolute Gasteiger partial charge is 0.356 e. The van der Waals surface area contributed by atoms with Crippen LogP contribution in [0.3, 0.4) is 0 Å². The Morgan fingerprint density at radius 1 is 1.12 bits per heavy atom. The van der Waals surface area contributed by atoms with Crippen LogP contribution in [0, 0.1) is 11.8 Å². The molecule has 0 spiro atoms. The van der Waals surface area contributed by atoms with Crippen molar-refractivity contribution in [1.82, 2.24) is 19.9 Å². The minimum Gasteiger partial charge on any atom is -0.356 e. The van der Waals surface area contributed by atoms with Crippen molar-refractivity contribution in [2.24, 2.45) is 11.8 Å². The molecule has 4 rings (SSSR count). The van der Waals surface area contributed by atoms with Crippen molar-refractivity contribution in [2.75, 3.05) is 31.1 Å². The zero-order valence-electron chi connectivity index (χ0n) is 14.5. The van der Waals surface area contributed by atoms with Crippen LogP contribution in [0.25, 0.3) is 0 Å². The maximum atomic E-state index is 4.51. The molecule has 2 unspecified atom stereocenters. The molecule has 4 heterocycles. The minimum absolute atomic E-state index is 0.448. The van der Waals surface area contributed by atoms with Crippen LogP contribution in [0.15, 0.2) is 36.9 Å². The summed E-state index contributed by atoms with van der Waals surface area (Å²) in [7, 11) is 0. The zero-order valence-corrected chi connectivity index (χ0v) is 14.5. The highest BCUT2D eigenvalue weighted by Crippen LogP contribution is 2.34. The van der Waals surface area contributed by atoms with Gasteiger partial charge in [-0.05, 0) is 29.4 Å². The lowest BCUT2D eigenvalue weighted by Crippen LogP contribution is -2.29. The molecule has 2 aliphatic rings. The van der Waals surface area contributed by atoms with Crippen molar-refractivity contribution in [3.05, 3.63) is 48.2 Å². The van der Waals surface area contributed by atoms with E-state index in [1.807, 2.05) is 18.5 Å². The molecule has 0 amide bonds. The van der Waals surface area contributed by atoms with Gasteiger partial charge in [-0.3, -0.25) is 9.88 Å². The van der Waals surface area contributed by atoms with Crippen molar-refractivity contribution in [3.8, 4) is 0 Å². The highest BCUT2D eigenvalue weighted by atomic mass is 15.3. The Bertz CT molecular complexity index is 673. The van der Waals surface area contributed by atoms with Gasteiger partial charge >= 0.3 is 0 Å². The van der Waals surface area contributed by atoms with Gasteiger partial charge in [-0.25, -0.2) is 9.97 Å². The third kappa shape index (κ3) is 3.13. The van der Waals surface area contributed by atoms with Gasteiger partial charge in [0.2, 0.25) is 0 Å². The molecule has 0 radical (unpaired) electrons. The summed E-state index contributed by atoms with van der Waals surface area (Å²) in [6.07, 6.45) is 5.54. The van der Waals surface area contributed by atoms with E-state index in [1.165, 1.54) is 18.7 Å². The lowest BCUT2D eigenvalue weighted by atomic mass is 10.0. The topological polar surface area (TPSA) is 45.2 Å². The normalized spacial score (nSPS) is 23.9. The minimum atomic E-state index is 0.448. The molecule has 2 saturated heterocycles. The van der Waals surface area contributed by atoms with E-state index < -0.39 is 0 Å². The smallest absolute Gasteiger partial charge is 0.132 e. The first-order chi connectivity index (χ1) is 11.7. The number of fused-ring (bicyclic) bond motifs is 1. The first-order valence-electron chi connectivity index (χ1n) is 8.87. The Kier molecular flexibility index (Phi) is 4.19. The van der Waals surface area contributed by atoms with Gasteiger partial charge in [-0.1, -0.05) is 19.9 Å². The van der Waals surface area contributed by atoms with Crippen molar-refractivity contribution >= 4 is 5.82 Å². The summed E-state index contributed by atoms with van der Waals surface area (Å²) in [6, 6.07) is 6.36. The number of nitrogens with zero attached hydrogens (tertiary/aromatic N) is 5. The first kappa shape index (κ1) is 15.5. The molecule has 24 heavy (non-hydrogen) atoms. The monoisotopic (exact) mass is 323 g/mol. The quantitative estimate of drug-likeness (QED) is 0.865. The average Bonchev–Trinajstić information content (AvgIpc) is 3.14. The molecule has 2 atom stereocenters. The zero-order chi connectivity index (χ0) is 16.5. The molecule has 2 fully saturated rings. The SMILES string of the molecule is CC(C)c1cc(N2CC3CN(Cc4cccnc4)CC3C2)ncn1. The van der Waals surface area contributed by atoms with E-state index in [-0.39, 0.29) is 0 Å². The summed E-state index contributed by atoms with van der Waals surface area (Å²) in [6.45, 7) is 9.97. The van der Waals surface area contributed by atoms with Gasteiger partial charge in [0, 0.05) is 56.9 Å². The van der Waals surface area contributed by atoms with Crippen LogP contribution in [0.1, 0.15) is 31.0 Å². The molecule has 0 saturated carbocycles. The van der Waals surface area contributed by atoms with Gasteiger partial charge < -0.3 is 4.90 Å². The van der Waals surface area contributed by atoms with Crippen LogP contribution < -0.4 is 4.90 Å². The Morgan fingerprint density at radius 3 is 2.58 bits per heavy atom. The number of pyridine rings is 1. The second-order valence-corrected chi connectivity index (χ2v) is 7.44. The summed E-state index contributed by atoms with van der Waals surface area (Å²) in [4.78, 5) is 18.1. The lowest BCUT2D eigenvalue weighted by Gasteiger charge is -2.22. The van der Waals surface area contributed by atoms with E-state index in [1.54, 1.807) is 6.33 Å². The van der Waals surface area contributed by atoms with Gasteiger partial charge in [0.1, 0.15) is 12.1 Å². The molecular weight excluding hydrogens is 298 g/mol. The number of hydrogen-bond donors (Lipinski definition) is 0. The highest BCUT2D eigenvalue weighted by molar-refractivity contribution is 5.41. The molecule has 2 aliphatic heterocycles. The predicted molar refractivity (Wildman–Crippen MR) is 94.8 cm³/mol. The number of hydrogen-bond acceptors (Lipinski definition) is 5. The number of rotatable bonds is 4. The molecular formula is C19H25N5. The van der Waals surface area contributed by atoms with E-state index in [0.29, 0.717) is 5.92 Å². The number of aromatic nitrogens is 3. The van der Waals surface area contributed by atoms with Gasteiger partial charge in [0.15, 0.2) is 0 Å². The molecule has 5 heteroatoms. The van der Waals surface area contributed by atoms with Gasteiger partial charge in [0.05, 0.1) is 0 Å². The summed E-state index contributed by atoms with van der Waals surface area (Å²) >= 11 is 0. The summed E-state index contributed by atoms with van der Waals surface area (Å²) in [5, 5.41) is 0. The van der Waals surface area contributed by atoms with Gasteiger partial charge in [-0.15, -0.1) is 0 Å². The Hall–Kier alpha value is -2.01. The molecule has 2 aromatic rings. The molecule has 126 valence electrons. The van der Waals surface area contributed by atoms with Crippen molar-refractivity contribution in [1.29, 1.82) is 0 Å². The molecule has 0 aliphatic carbocycles. The standard InChI is InChI=1S/C19H25N5/c1-14(2)18-6-19(22-13-21-18)24-11-16-9-23(10-17(16)12-24)8-15-4-3-5-20-7-15/h3-7,13-14,16-17H,8-12H2,1-2H3. The van der Waals surface area contributed by atoms with Crippen molar-refractivity contribution < 1.29 is 0 Å². The van der Waals surface area contributed by atoms with E-state index in [9.17, 15) is 0 Å². The predicted octanol–water partition coefficient (Wildman–Crippen LogP) is 2.56. The maximum absolute atomic E-state index is 4.51. The fourth-order valence-electron chi connectivity index (χ4n) is 4.01. The average molecular weight is 323 g/mol. The van der Waals surface area contributed by atoms with E-state index in [4.69, 9.17) is 0 Å². The van der Waals surface area contributed by atoms with Crippen LogP contribution in [0.4, 0.5) is 5.82 Å². The fraction of sp³-hybridized carbons (Fsp3) is 0.526. The Balaban J connectivity index is 1.38. The molecule has 0 N–H and O–H groups in total. The van der Waals surface area contributed by atoms with Crippen LogP contribution >= 0.6 is 0 Å². The summed E-state index contributed by atoms with van der Waals surface area (Å²) in [5.74, 6) is 3.05. The van der Waals surface area contributed by atoms with E-state index in [0.717, 1.165) is 43.0 Å².